The highest BCUT2D eigenvalue weighted by molar-refractivity contribution is 6.34. The quantitative estimate of drug-likeness (QED) is 0.662. The van der Waals surface area contributed by atoms with Crippen molar-refractivity contribution in [2.24, 2.45) is 0 Å². The molecule has 0 unspecified atom stereocenters. The molecule has 0 aliphatic rings. The summed E-state index contributed by atoms with van der Waals surface area (Å²) in [5, 5.41) is 23.6. The summed E-state index contributed by atoms with van der Waals surface area (Å²) < 4.78 is 0. The number of halogens is 1. The standard InChI is InChI=1S/C12H10ClN5O3/c1-14-11-5-4-9(16-17-11)12(19)15-10-6-7(18(20)21)2-3-8(10)13/h2-6H,1H3,(H,14,17)(H,15,19). The van der Waals surface area contributed by atoms with Crippen molar-refractivity contribution in [3.8, 4) is 0 Å². The molecule has 0 saturated heterocycles. The normalized spacial score (nSPS) is 10.0. The lowest BCUT2D eigenvalue weighted by atomic mass is 10.2. The number of carbonyl (C=O) groups excluding carboxylic acids is 1. The molecule has 21 heavy (non-hydrogen) atoms. The Labute approximate surface area is 124 Å². The van der Waals surface area contributed by atoms with Gasteiger partial charge >= 0.3 is 0 Å². The van der Waals surface area contributed by atoms with Gasteiger partial charge in [0, 0.05) is 19.2 Å². The first-order valence-electron chi connectivity index (χ1n) is 5.78. The molecule has 9 heteroatoms. The summed E-state index contributed by atoms with van der Waals surface area (Å²) in [6.07, 6.45) is 0. The summed E-state index contributed by atoms with van der Waals surface area (Å²) in [7, 11) is 1.67. The van der Waals surface area contributed by atoms with E-state index in [0.29, 0.717) is 5.82 Å². The highest BCUT2D eigenvalue weighted by atomic mass is 35.5. The molecule has 1 heterocycles. The van der Waals surface area contributed by atoms with E-state index in [1.54, 1.807) is 13.1 Å². The number of nitro groups is 1. The first-order chi connectivity index (χ1) is 10.0. The molecule has 0 aliphatic carbocycles. The third-order valence-corrected chi connectivity index (χ3v) is 2.89. The lowest BCUT2D eigenvalue weighted by Crippen LogP contribution is -2.15. The van der Waals surface area contributed by atoms with Crippen molar-refractivity contribution in [2.75, 3.05) is 17.7 Å². The molecule has 1 amide bonds. The molecule has 0 saturated carbocycles. The van der Waals surface area contributed by atoms with E-state index >= 15 is 0 Å². The molecule has 2 rings (SSSR count). The van der Waals surface area contributed by atoms with Crippen molar-refractivity contribution in [3.05, 3.63) is 51.2 Å². The van der Waals surface area contributed by atoms with Crippen LogP contribution in [0.2, 0.25) is 5.02 Å². The average molecular weight is 308 g/mol. The SMILES string of the molecule is CNc1ccc(C(=O)Nc2cc([N+](=O)[O-])ccc2Cl)nn1. The van der Waals surface area contributed by atoms with E-state index in [1.807, 2.05) is 0 Å². The van der Waals surface area contributed by atoms with Crippen molar-refractivity contribution in [2.45, 2.75) is 0 Å². The van der Waals surface area contributed by atoms with Crippen molar-refractivity contribution in [3.63, 3.8) is 0 Å². The number of rotatable bonds is 4. The summed E-state index contributed by atoms with van der Waals surface area (Å²) in [6.45, 7) is 0. The van der Waals surface area contributed by atoms with Gasteiger partial charge in [0.2, 0.25) is 0 Å². The Morgan fingerprint density at radius 3 is 2.62 bits per heavy atom. The Morgan fingerprint density at radius 2 is 2.05 bits per heavy atom. The van der Waals surface area contributed by atoms with Crippen LogP contribution in [0.15, 0.2) is 30.3 Å². The number of carbonyl (C=O) groups is 1. The molecule has 2 N–H and O–H groups in total. The molecule has 0 atom stereocenters. The van der Waals surface area contributed by atoms with Crippen LogP contribution < -0.4 is 10.6 Å². The van der Waals surface area contributed by atoms with E-state index in [4.69, 9.17) is 11.6 Å². The summed E-state index contributed by atoms with van der Waals surface area (Å²) in [6, 6.07) is 6.82. The molecule has 0 aliphatic heterocycles. The minimum Gasteiger partial charge on any atom is -0.372 e. The van der Waals surface area contributed by atoms with Gasteiger partial charge in [-0.2, -0.15) is 0 Å². The van der Waals surface area contributed by atoms with Gasteiger partial charge in [0.15, 0.2) is 5.69 Å². The molecular weight excluding hydrogens is 298 g/mol. The second-order valence-corrected chi connectivity index (χ2v) is 4.34. The number of amides is 1. The van der Waals surface area contributed by atoms with Crippen LogP contribution in [-0.2, 0) is 0 Å². The zero-order chi connectivity index (χ0) is 15.4. The number of nitrogens with one attached hydrogen (secondary N) is 2. The molecule has 2 aromatic rings. The minimum atomic E-state index is -0.576. The van der Waals surface area contributed by atoms with Gasteiger partial charge in [-0.15, -0.1) is 10.2 Å². The van der Waals surface area contributed by atoms with E-state index in [9.17, 15) is 14.9 Å². The first kappa shape index (κ1) is 14.7. The van der Waals surface area contributed by atoms with Gasteiger partial charge in [-0.25, -0.2) is 0 Å². The van der Waals surface area contributed by atoms with E-state index in [1.165, 1.54) is 24.3 Å². The van der Waals surface area contributed by atoms with Crippen LogP contribution in [-0.4, -0.2) is 28.1 Å². The number of benzene rings is 1. The molecule has 8 nitrogen and oxygen atoms in total. The topological polar surface area (TPSA) is 110 Å². The van der Waals surface area contributed by atoms with Crippen LogP contribution in [0.5, 0.6) is 0 Å². The van der Waals surface area contributed by atoms with Crippen LogP contribution in [0.25, 0.3) is 0 Å². The third kappa shape index (κ3) is 3.42. The number of nitrogens with zero attached hydrogens (tertiary/aromatic N) is 3. The molecule has 1 aromatic heterocycles. The van der Waals surface area contributed by atoms with Crippen molar-refractivity contribution in [1.82, 2.24) is 10.2 Å². The Kier molecular flexibility index (Phi) is 4.29. The predicted molar refractivity (Wildman–Crippen MR) is 77.6 cm³/mol. The predicted octanol–water partition coefficient (Wildman–Crippen LogP) is 2.33. The largest absolute Gasteiger partial charge is 0.372 e. The number of anilines is 2. The molecule has 0 radical (unpaired) electrons. The van der Waals surface area contributed by atoms with E-state index in [-0.39, 0.29) is 22.1 Å². The second kappa shape index (κ2) is 6.14. The number of aromatic nitrogens is 2. The van der Waals surface area contributed by atoms with Gasteiger partial charge in [-0.3, -0.25) is 14.9 Å². The lowest BCUT2D eigenvalue weighted by Gasteiger charge is -2.06. The fourth-order valence-corrected chi connectivity index (χ4v) is 1.66. The van der Waals surface area contributed by atoms with Crippen molar-refractivity contribution >= 4 is 34.7 Å². The van der Waals surface area contributed by atoms with Crippen molar-refractivity contribution < 1.29 is 9.72 Å². The maximum atomic E-state index is 12.0. The van der Waals surface area contributed by atoms with Gasteiger partial charge in [0.25, 0.3) is 11.6 Å². The number of hydrogen-bond acceptors (Lipinski definition) is 6. The fraction of sp³-hybridized carbons (Fsp3) is 0.0833. The number of hydrogen-bond donors (Lipinski definition) is 2. The second-order valence-electron chi connectivity index (χ2n) is 3.93. The van der Waals surface area contributed by atoms with Gasteiger partial charge in [0.05, 0.1) is 15.6 Å². The molecule has 1 aromatic carbocycles. The van der Waals surface area contributed by atoms with Crippen LogP contribution in [0, 0.1) is 10.1 Å². The Hall–Kier alpha value is -2.74. The monoisotopic (exact) mass is 307 g/mol. The molecule has 0 bridgehead atoms. The fourth-order valence-electron chi connectivity index (χ4n) is 1.50. The van der Waals surface area contributed by atoms with E-state index in [2.05, 4.69) is 20.8 Å². The first-order valence-corrected chi connectivity index (χ1v) is 6.16. The minimum absolute atomic E-state index is 0.0663. The zero-order valence-electron chi connectivity index (χ0n) is 10.8. The van der Waals surface area contributed by atoms with Crippen LogP contribution >= 0.6 is 11.6 Å². The van der Waals surface area contributed by atoms with Crippen LogP contribution in [0.1, 0.15) is 10.5 Å². The number of nitro benzene ring substituents is 1. The maximum absolute atomic E-state index is 12.0. The summed E-state index contributed by atoms with van der Waals surface area (Å²) in [5.74, 6) is -0.0486. The molecular formula is C12H10ClN5O3. The third-order valence-electron chi connectivity index (χ3n) is 2.56. The van der Waals surface area contributed by atoms with Gasteiger partial charge in [0.1, 0.15) is 5.82 Å². The van der Waals surface area contributed by atoms with Gasteiger partial charge in [-0.1, -0.05) is 11.6 Å². The van der Waals surface area contributed by atoms with Crippen LogP contribution in [0.4, 0.5) is 17.2 Å². The lowest BCUT2D eigenvalue weighted by molar-refractivity contribution is -0.384. The van der Waals surface area contributed by atoms with Crippen molar-refractivity contribution in [1.29, 1.82) is 0 Å². The zero-order valence-corrected chi connectivity index (χ0v) is 11.6. The Balaban J connectivity index is 2.22. The highest BCUT2D eigenvalue weighted by Gasteiger charge is 2.14. The summed E-state index contributed by atoms with van der Waals surface area (Å²) >= 11 is 5.90. The van der Waals surface area contributed by atoms with E-state index < -0.39 is 10.8 Å². The van der Waals surface area contributed by atoms with Gasteiger partial charge < -0.3 is 10.6 Å². The molecule has 108 valence electrons. The summed E-state index contributed by atoms with van der Waals surface area (Å²) in [4.78, 5) is 22.1. The Morgan fingerprint density at radius 1 is 1.29 bits per heavy atom. The molecule has 0 fully saturated rings. The smallest absolute Gasteiger partial charge is 0.276 e. The highest BCUT2D eigenvalue weighted by Crippen LogP contribution is 2.26. The maximum Gasteiger partial charge on any atom is 0.276 e. The van der Waals surface area contributed by atoms with Gasteiger partial charge in [-0.05, 0) is 18.2 Å². The molecule has 0 spiro atoms. The van der Waals surface area contributed by atoms with E-state index in [0.717, 1.165) is 0 Å². The Bertz CT molecular complexity index is 690. The summed E-state index contributed by atoms with van der Waals surface area (Å²) in [5.41, 5.74) is 0.0262. The average Bonchev–Trinajstić information content (AvgIpc) is 2.49. The number of non-ortho nitro benzene ring substituents is 1. The van der Waals surface area contributed by atoms with Crippen LogP contribution in [0.3, 0.4) is 0 Å².